The zero-order valence-electron chi connectivity index (χ0n) is 10.5. The maximum absolute atomic E-state index is 12.5. The topological polar surface area (TPSA) is 43.4 Å². The predicted molar refractivity (Wildman–Crippen MR) is 60.5 cm³/mol. The molecule has 0 aromatic heterocycles. The monoisotopic (exact) mass is 268 g/mol. The molecule has 3 nitrogen and oxygen atoms in total. The van der Waals surface area contributed by atoms with E-state index in [1.165, 1.54) is 0 Å². The standard InChI is InChI=1S/C12H19F3O3/c1-2-18-11(17)9-10(16)12(3-6-13,4-7-14)5-8-15/h2-9H2,1H3. The molecule has 0 bridgehead atoms. The van der Waals surface area contributed by atoms with E-state index in [4.69, 9.17) is 0 Å². The summed E-state index contributed by atoms with van der Waals surface area (Å²) in [5.41, 5.74) is -1.43. The molecule has 0 aliphatic heterocycles. The molecule has 106 valence electrons. The molecule has 6 heteroatoms. The normalized spacial score (nSPS) is 11.3. The second-order valence-corrected chi connectivity index (χ2v) is 4.00. The molecule has 0 radical (unpaired) electrons. The molecule has 0 amide bonds. The van der Waals surface area contributed by atoms with Gasteiger partial charge in [-0.25, -0.2) is 0 Å². The fourth-order valence-corrected chi connectivity index (χ4v) is 1.87. The molecule has 0 rings (SSSR count). The van der Waals surface area contributed by atoms with Gasteiger partial charge in [0.25, 0.3) is 0 Å². The number of ketones is 1. The van der Waals surface area contributed by atoms with Crippen LogP contribution in [0, 0.1) is 5.41 Å². The van der Waals surface area contributed by atoms with E-state index in [1.807, 2.05) is 0 Å². The smallest absolute Gasteiger partial charge is 0.313 e. The number of alkyl halides is 3. The van der Waals surface area contributed by atoms with Gasteiger partial charge in [0.05, 0.1) is 26.6 Å². The second kappa shape index (κ2) is 8.94. The third kappa shape index (κ3) is 5.06. The van der Waals surface area contributed by atoms with Crippen molar-refractivity contribution in [1.82, 2.24) is 0 Å². The molecule has 0 N–H and O–H groups in total. The third-order valence-electron chi connectivity index (χ3n) is 2.92. The lowest BCUT2D eigenvalue weighted by molar-refractivity contribution is -0.148. The average Bonchev–Trinajstić information content (AvgIpc) is 2.30. The van der Waals surface area contributed by atoms with Crippen LogP contribution in [0.4, 0.5) is 13.2 Å². The summed E-state index contributed by atoms with van der Waals surface area (Å²) in [7, 11) is 0. The largest absolute Gasteiger partial charge is 0.466 e. The lowest BCUT2D eigenvalue weighted by atomic mass is 9.74. The third-order valence-corrected chi connectivity index (χ3v) is 2.92. The van der Waals surface area contributed by atoms with Crippen molar-refractivity contribution in [1.29, 1.82) is 0 Å². The summed E-state index contributed by atoms with van der Waals surface area (Å²) in [5, 5.41) is 0. The van der Waals surface area contributed by atoms with Crippen LogP contribution in [-0.2, 0) is 14.3 Å². The lowest BCUT2D eigenvalue weighted by Crippen LogP contribution is -2.35. The first-order chi connectivity index (χ1) is 8.56. The fraction of sp³-hybridized carbons (Fsp3) is 0.833. The highest BCUT2D eigenvalue weighted by molar-refractivity contribution is 5.98. The highest BCUT2D eigenvalue weighted by Gasteiger charge is 2.38. The maximum atomic E-state index is 12.5. The summed E-state index contributed by atoms with van der Waals surface area (Å²) in [6, 6.07) is 0. The maximum Gasteiger partial charge on any atom is 0.313 e. The molecule has 0 aromatic rings. The molecule has 0 aliphatic carbocycles. The van der Waals surface area contributed by atoms with Gasteiger partial charge in [-0.15, -0.1) is 0 Å². The van der Waals surface area contributed by atoms with E-state index in [1.54, 1.807) is 6.92 Å². The van der Waals surface area contributed by atoms with E-state index in [-0.39, 0.29) is 25.9 Å². The van der Waals surface area contributed by atoms with Gasteiger partial charge in [0, 0.05) is 5.41 Å². The average molecular weight is 268 g/mol. The molecule has 18 heavy (non-hydrogen) atoms. The number of carbonyl (C=O) groups is 2. The molecule has 0 aliphatic rings. The van der Waals surface area contributed by atoms with E-state index in [9.17, 15) is 22.8 Å². The molecule has 0 saturated carbocycles. The van der Waals surface area contributed by atoms with E-state index in [0.29, 0.717) is 0 Å². The number of hydrogen-bond acceptors (Lipinski definition) is 3. The molecule has 0 fully saturated rings. The van der Waals surface area contributed by atoms with Gasteiger partial charge < -0.3 is 4.74 Å². The molecule has 0 saturated heterocycles. The van der Waals surface area contributed by atoms with Gasteiger partial charge >= 0.3 is 5.97 Å². The van der Waals surface area contributed by atoms with Crippen molar-refractivity contribution in [3.05, 3.63) is 0 Å². The van der Waals surface area contributed by atoms with Crippen LogP contribution in [0.1, 0.15) is 32.6 Å². The summed E-state index contributed by atoms with van der Waals surface area (Å²) < 4.78 is 42.0. The van der Waals surface area contributed by atoms with E-state index >= 15 is 0 Å². The first-order valence-corrected chi connectivity index (χ1v) is 5.93. The van der Waals surface area contributed by atoms with Crippen molar-refractivity contribution >= 4 is 11.8 Å². The number of Topliss-reactive ketones (excluding diaryl/α,β-unsaturated/α-hetero) is 1. The minimum atomic E-state index is -1.43. The lowest BCUT2D eigenvalue weighted by Gasteiger charge is -2.29. The van der Waals surface area contributed by atoms with Crippen LogP contribution in [0.5, 0.6) is 0 Å². The Kier molecular flexibility index (Phi) is 8.41. The van der Waals surface area contributed by atoms with Gasteiger partial charge in [-0.3, -0.25) is 22.8 Å². The first-order valence-electron chi connectivity index (χ1n) is 5.93. The van der Waals surface area contributed by atoms with Crippen LogP contribution in [0.25, 0.3) is 0 Å². The molecule has 0 heterocycles. The van der Waals surface area contributed by atoms with Gasteiger partial charge in [-0.2, -0.15) is 0 Å². The van der Waals surface area contributed by atoms with E-state index < -0.39 is 43.6 Å². The van der Waals surface area contributed by atoms with Gasteiger partial charge in [0.2, 0.25) is 0 Å². The Balaban J connectivity index is 4.79. The SMILES string of the molecule is CCOC(=O)CC(=O)C(CCF)(CCF)CCF. The van der Waals surface area contributed by atoms with Crippen LogP contribution in [-0.4, -0.2) is 38.4 Å². The summed E-state index contributed by atoms with van der Waals surface area (Å²) in [6.45, 7) is -0.855. The minimum Gasteiger partial charge on any atom is -0.466 e. The number of halogens is 3. The number of ether oxygens (including phenoxy) is 1. The van der Waals surface area contributed by atoms with Crippen molar-refractivity contribution in [3.8, 4) is 0 Å². The van der Waals surface area contributed by atoms with Crippen LogP contribution < -0.4 is 0 Å². The number of carbonyl (C=O) groups excluding carboxylic acids is 2. The Morgan fingerprint density at radius 1 is 1.00 bits per heavy atom. The molecular weight excluding hydrogens is 249 g/mol. The van der Waals surface area contributed by atoms with E-state index in [2.05, 4.69) is 4.74 Å². The minimum absolute atomic E-state index is 0.119. The van der Waals surface area contributed by atoms with Gasteiger partial charge in [-0.1, -0.05) is 0 Å². The zero-order chi connectivity index (χ0) is 14.0. The van der Waals surface area contributed by atoms with Crippen molar-refractivity contribution < 1.29 is 27.5 Å². The summed E-state index contributed by atoms with van der Waals surface area (Å²) >= 11 is 0. The van der Waals surface area contributed by atoms with Crippen molar-refractivity contribution in [2.45, 2.75) is 32.6 Å². The summed E-state index contributed by atoms with van der Waals surface area (Å²) in [6.07, 6.45) is -1.36. The Labute approximate surface area is 105 Å². The fourth-order valence-electron chi connectivity index (χ4n) is 1.87. The highest BCUT2D eigenvalue weighted by Crippen LogP contribution is 2.34. The molecule has 0 unspecified atom stereocenters. The van der Waals surface area contributed by atoms with Crippen molar-refractivity contribution in [3.63, 3.8) is 0 Å². The molecule has 0 aromatic carbocycles. The Morgan fingerprint density at radius 2 is 1.44 bits per heavy atom. The van der Waals surface area contributed by atoms with Gasteiger partial charge in [-0.05, 0) is 26.2 Å². The van der Waals surface area contributed by atoms with Gasteiger partial charge in [0.15, 0.2) is 0 Å². The Bertz CT molecular complexity index is 252. The summed E-state index contributed by atoms with van der Waals surface area (Å²) in [5.74, 6) is -1.39. The quantitative estimate of drug-likeness (QED) is 0.452. The Morgan fingerprint density at radius 3 is 1.78 bits per heavy atom. The van der Waals surface area contributed by atoms with Crippen LogP contribution in [0.15, 0.2) is 0 Å². The molecular formula is C12H19F3O3. The van der Waals surface area contributed by atoms with Gasteiger partial charge in [0.1, 0.15) is 12.2 Å². The molecule has 0 spiro atoms. The van der Waals surface area contributed by atoms with Crippen LogP contribution >= 0.6 is 0 Å². The van der Waals surface area contributed by atoms with E-state index in [0.717, 1.165) is 0 Å². The number of hydrogen-bond donors (Lipinski definition) is 0. The highest BCUT2D eigenvalue weighted by atomic mass is 19.1. The van der Waals surface area contributed by atoms with Crippen molar-refractivity contribution in [2.24, 2.45) is 5.41 Å². The first kappa shape index (κ1) is 16.9. The number of esters is 1. The Hall–Kier alpha value is -1.07. The number of rotatable bonds is 10. The zero-order valence-corrected chi connectivity index (χ0v) is 10.5. The molecule has 0 atom stereocenters. The second-order valence-electron chi connectivity index (χ2n) is 4.00. The summed E-state index contributed by atoms with van der Waals surface area (Å²) in [4.78, 5) is 23.1. The van der Waals surface area contributed by atoms with Crippen LogP contribution in [0.2, 0.25) is 0 Å². The van der Waals surface area contributed by atoms with Crippen LogP contribution in [0.3, 0.4) is 0 Å². The predicted octanol–water partition coefficient (Wildman–Crippen LogP) is 2.57. The van der Waals surface area contributed by atoms with Crippen molar-refractivity contribution in [2.75, 3.05) is 26.6 Å².